The van der Waals surface area contributed by atoms with Crippen molar-refractivity contribution < 1.29 is 4.74 Å². The molecule has 130 valence electrons. The lowest BCUT2D eigenvalue weighted by molar-refractivity contribution is 0.299. The molecule has 7 heteroatoms. The fraction of sp³-hybridized carbons (Fsp3) is 0.105. The predicted octanol–water partition coefficient (Wildman–Crippen LogP) is 4.22. The first-order valence-electron chi connectivity index (χ1n) is 8.20. The Morgan fingerprint density at radius 2 is 1.96 bits per heavy atom. The van der Waals surface area contributed by atoms with Gasteiger partial charge in [0.2, 0.25) is 5.95 Å². The number of nitrogens with zero attached hydrogens (tertiary/aromatic N) is 4. The molecular formula is C19H17N5OS. The summed E-state index contributed by atoms with van der Waals surface area (Å²) in [7, 11) is 0. The number of ether oxygens (including phenoxy) is 1. The third-order valence-corrected chi connectivity index (χ3v) is 4.48. The van der Waals surface area contributed by atoms with E-state index in [0.29, 0.717) is 12.6 Å². The topological polar surface area (TPSA) is 64.9 Å². The lowest BCUT2D eigenvalue weighted by Crippen LogP contribution is -2.06. The highest BCUT2D eigenvalue weighted by Gasteiger charge is 2.05. The van der Waals surface area contributed by atoms with E-state index in [1.54, 1.807) is 23.7 Å². The zero-order valence-corrected chi connectivity index (χ0v) is 14.8. The van der Waals surface area contributed by atoms with Crippen molar-refractivity contribution in [2.75, 3.05) is 11.9 Å². The maximum atomic E-state index is 5.83. The molecular weight excluding hydrogens is 346 g/mol. The SMILES string of the molecule is c1cc(Nc2nccc(-c3nccs3)n2)cc(OCCn2cccc2)c1. The van der Waals surface area contributed by atoms with E-state index < -0.39 is 0 Å². The maximum absolute atomic E-state index is 5.83. The maximum Gasteiger partial charge on any atom is 0.227 e. The van der Waals surface area contributed by atoms with Crippen molar-refractivity contribution in [1.29, 1.82) is 0 Å². The second kappa shape index (κ2) is 7.79. The molecule has 0 aliphatic heterocycles. The molecule has 0 radical (unpaired) electrons. The Kier molecular flexibility index (Phi) is 4.88. The van der Waals surface area contributed by atoms with Crippen molar-refractivity contribution in [3.05, 3.63) is 72.6 Å². The number of anilines is 2. The molecule has 0 unspecified atom stereocenters. The van der Waals surface area contributed by atoms with E-state index in [9.17, 15) is 0 Å². The molecule has 4 rings (SSSR count). The van der Waals surface area contributed by atoms with Gasteiger partial charge in [-0.25, -0.2) is 15.0 Å². The van der Waals surface area contributed by atoms with Crippen molar-refractivity contribution in [1.82, 2.24) is 19.5 Å². The Labute approximate surface area is 155 Å². The quantitative estimate of drug-likeness (QED) is 0.532. The average molecular weight is 363 g/mol. The Balaban J connectivity index is 1.41. The molecule has 3 aromatic heterocycles. The number of hydrogen-bond acceptors (Lipinski definition) is 6. The van der Waals surface area contributed by atoms with Gasteiger partial charge in [-0.1, -0.05) is 6.07 Å². The van der Waals surface area contributed by atoms with Crippen molar-refractivity contribution in [3.63, 3.8) is 0 Å². The Bertz CT molecular complexity index is 954. The van der Waals surface area contributed by atoms with Crippen LogP contribution in [0.3, 0.4) is 0 Å². The Morgan fingerprint density at radius 3 is 2.81 bits per heavy atom. The minimum absolute atomic E-state index is 0.530. The first kappa shape index (κ1) is 16.3. The van der Waals surface area contributed by atoms with Crippen LogP contribution in [0.5, 0.6) is 5.75 Å². The first-order valence-corrected chi connectivity index (χ1v) is 9.08. The fourth-order valence-electron chi connectivity index (χ4n) is 2.47. The molecule has 3 heterocycles. The van der Waals surface area contributed by atoms with E-state index in [-0.39, 0.29) is 0 Å². The van der Waals surface area contributed by atoms with Crippen LogP contribution in [0.15, 0.2) is 72.6 Å². The van der Waals surface area contributed by atoms with Crippen LogP contribution in [0.1, 0.15) is 0 Å². The lowest BCUT2D eigenvalue weighted by atomic mass is 10.3. The Morgan fingerprint density at radius 1 is 1.04 bits per heavy atom. The van der Waals surface area contributed by atoms with Crippen LogP contribution >= 0.6 is 11.3 Å². The van der Waals surface area contributed by atoms with E-state index in [2.05, 4.69) is 24.8 Å². The van der Waals surface area contributed by atoms with Gasteiger partial charge < -0.3 is 14.6 Å². The van der Waals surface area contributed by atoms with Crippen LogP contribution in [0.25, 0.3) is 10.7 Å². The summed E-state index contributed by atoms with van der Waals surface area (Å²) in [6.45, 7) is 1.41. The largest absolute Gasteiger partial charge is 0.492 e. The fourth-order valence-corrected chi connectivity index (χ4v) is 3.08. The summed E-state index contributed by atoms with van der Waals surface area (Å²) in [4.78, 5) is 13.1. The smallest absolute Gasteiger partial charge is 0.227 e. The van der Waals surface area contributed by atoms with Gasteiger partial charge in [0.05, 0.1) is 6.54 Å². The molecule has 0 fully saturated rings. The number of rotatable bonds is 7. The summed E-state index contributed by atoms with van der Waals surface area (Å²) in [6, 6.07) is 13.6. The molecule has 0 saturated heterocycles. The van der Waals surface area contributed by atoms with Crippen LogP contribution in [-0.2, 0) is 6.54 Å². The van der Waals surface area contributed by atoms with Crippen LogP contribution in [0.4, 0.5) is 11.6 Å². The average Bonchev–Trinajstić information content (AvgIpc) is 3.37. The van der Waals surface area contributed by atoms with E-state index in [4.69, 9.17) is 4.74 Å². The first-order chi connectivity index (χ1) is 12.9. The molecule has 0 aliphatic carbocycles. The third kappa shape index (κ3) is 4.07. The molecule has 0 aliphatic rings. The van der Waals surface area contributed by atoms with E-state index in [0.717, 1.165) is 28.7 Å². The van der Waals surface area contributed by atoms with Crippen molar-refractivity contribution in [3.8, 4) is 16.5 Å². The molecule has 0 amide bonds. The summed E-state index contributed by atoms with van der Waals surface area (Å²) in [5.74, 6) is 1.33. The second-order valence-electron chi connectivity index (χ2n) is 5.52. The number of aromatic nitrogens is 4. The molecule has 26 heavy (non-hydrogen) atoms. The molecule has 0 saturated carbocycles. The van der Waals surface area contributed by atoms with Crippen LogP contribution in [0, 0.1) is 0 Å². The lowest BCUT2D eigenvalue weighted by Gasteiger charge is -2.10. The molecule has 1 aromatic carbocycles. The van der Waals surface area contributed by atoms with E-state index in [1.807, 2.05) is 60.2 Å². The number of nitrogens with one attached hydrogen (secondary N) is 1. The van der Waals surface area contributed by atoms with E-state index >= 15 is 0 Å². The van der Waals surface area contributed by atoms with Gasteiger partial charge in [-0.15, -0.1) is 11.3 Å². The summed E-state index contributed by atoms with van der Waals surface area (Å²) in [5.41, 5.74) is 1.68. The highest BCUT2D eigenvalue weighted by atomic mass is 32.1. The minimum atomic E-state index is 0.530. The number of benzene rings is 1. The summed E-state index contributed by atoms with van der Waals surface area (Å²) in [6.07, 6.45) is 7.54. The normalized spacial score (nSPS) is 10.6. The highest BCUT2D eigenvalue weighted by molar-refractivity contribution is 7.13. The van der Waals surface area contributed by atoms with Gasteiger partial charge in [-0.3, -0.25) is 0 Å². The number of thiazole rings is 1. The molecule has 6 nitrogen and oxygen atoms in total. The summed E-state index contributed by atoms with van der Waals surface area (Å²) in [5, 5.41) is 6.02. The standard InChI is InChI=1S/C19H17N5OS/c1-2-10-24(9-1)11-12-25-16-5-3-4-15(14-16)22-19-21-7-6-17(23-19)18-20-8-13-26-18/h1-10,13-14H,11-12H2,(H,21,22,23). The zero-order valence-electron chi connectivity index (χ0n) is 13.9. The summed E-state index contributed by atoms with van der Waals surface area (Å²) < 4.78 is 7.91. The molecule has 1 N–H and O–H groups in total. The monoisotopic (exact) mass is 363 g/mol. The van der Waals surface area contributed by atoms with Crippen molar-refractivity contribution in [2.24, 2.45) is 0 Å². The van der Waals surface area contributed by atoms with Crippen LogP contribution in [-0.4, -0.2) is 26.1 Å². The molecule has 0 bridgehead atoms. The third-order valence-electron chi connectivity index (χ3n) is 3.68. The second-order valence-corrected chi connectivity index (χ2v) is 6.42. The van der Waals surface area contributed by atoms with Gasteiger partial charge in [-0.2, -0.15) is 0 Å². The van der Waals surface area contributed by atoms with Gasteiger partial charge in [-0.05, 0) is 30.3 Å². The zero-order chi connectivity index (χ0) is 17.6. The van der Waals surface area contributed by atoms with Crippen LogP contribution < -0.4 is 10.1 Å². The van der Waals surface area contributed by atoms with Gasteiger partial charge in [0.1, 0.15) is 23.1 Å². The number of hydrogen-bond donors (Lipinski definition) is 1. The van der Waals surface area contributed by atoms with Gasteiger partial charge in [0.15, 0.2) is 0 Å². The van der Waals surface area contributed by atoms with Crippen molar-refractivity contribution in [2.45, 2.75) is 6.54 Å². The van der Waals surface area contributed by atoms with E-state index in [1.165, 1.54) is 0 Å². The van der Waals surface area contributed by atoms with Gasteiger partial charge >= 0.3 is 0 Å². The van der Waals surface area contributed by atoms with Gasteiger partial charge in [0.25, 0.3) is 0 Å². The summed E-state index contributed by atoms with van der Waals surface area (Å²) >= 11 is 1.55. The van der Waals surface area contributed by atoms with Gasteiger partial charge in [0, 0.05) is 41.9 Å². The Hall–Kier alpha value is -3.19. The van der Waals surface area contributed by atoms with Crippen LogP contribution in [0.2, 0.25) is 0 Å². The minimum Gasteiger partial charge on any atom is -0.492 e. The highest BCUT2D eigenvalue weighted by Crippen LogP contribution is 2.23. The predicted molar refractivity (Wildman–Crippen MR) is 103 cm³/mol. The van der Waals surface area contributed by atoms with Crippen molar-refractivity contribution >= 4 is 23.0 Å². The molecule has 4 aromatic rings. The molecule has 0 atom stereocenters. The molecule has 0 spiro atoms.